The summed E-state index contributed by atoms with van der Waals surface area (Å²) in [6.07, 6.45) is 1.63. The Labute approximate surface area is 237 Å². The Morgan fingerprint density at radius 1 is 0.805 bits per heavy atom. The molecule has 2 N–H and O–H groups in total. The highest BCUT2D eigenvalue weighted by Gasteiger charge is 2.29. The van der Waals surface area contributed by atoms with Crippen molar-refractivity contribution < 1.29 is 4.74 Å². The van der Waals surface area contributed by atoms with E-state index < -0.39 is 10.9 Å². The second-order valence-electron chi connectivity index (χ2n) is 9.74. The van der Waals surface area contributed by atoms with E-state index in [0.29, 0.717) is 42.9 Å². The molecule has 0 spiro atoms. The van der Waals surface area contributed by atoms with Crippen LogP contribution in [-0.4, -0.2) is 54.3 Å². The van der Waals surface area contributed by atoms with Gasteiger partial charge < -0.3 is 15.4 Å². The first kappa shape index (κ1) is 26.4. The van der Waals surface area contributed by atoms with Crippen LogP contribution in [0.3, 0.4) is 0 Å². The van der Waals surface area contributed by atoms with Crippen molar-refractivity contribution in [2.75, 3.05) is 54.9 Å². The summed E-state index contributed by atoms with van der Waals surface area (Å²) in [5.41, 5.74) is 3.30. The molecular formula is C32H30N6O3. The number of aromatic nitrogens is 2. The quantitative estimate of drug-likeness (QED) is 0.242. The van der Waals surface area contributed by atoms with Crippen molar-refractivity contribution in [3.8, 4) is 11.1 Å². The standard InChI is InChI=1S/C32H30N6O3/c39-30-28(33-17-18-37-19-21-41-22-20-37)29(31(30)40)38(26-9-5-2-6-10-26)27-15-16-34-32(36-27)35-25-13-11-24(12-14-25)23-7-3-1-4-8-23/h1-16,33H,17-22H2,(H,34,35,36). The summed E-state index contributed by atoms with van der Waals surface area (Å²) in [7, 11) is 0. The lowest BCUT2D eigenvalue weighted by atomic mass is 10.1. The van der Waals surface area contributed by atoms with E-state index in [2.05, 4.69) is 32.7 Å². The molecule has 0 aliphatic carbocycles. The van der Waals surface area contributed by atoms with Crippen molar-refractivity contribution >= 4 is 34.5 Å². The van der Waals surface area contributed by atoms with Crippen molar-refractivity contribution in [2.45, 2.75) is 0 Å². The molecule has 0 radical (unpaired) electrons. The lowest BCUT2D eigenvalue weighted by Gasteiger charge is -2.29. The first-order valence-corrected chi connectivity index (χ1v) is 13.7. The predicted molar refractivity (Wildman–Crippen MR) is 163 cm³/mol. The molecule has 1 fully saturated rings. The highest BCUT2D eigenvalue weighted by Crippen LogP contribution is 2.35. The lowest BCUT2D eigenvalue weighted by molar-refractivity contribution is 0.0398. The number of nitrogens with zero attached hydrogens (tertiary/aromatic N) is 4. The van der Waals surface area contributed by atoms with Gasteiger partial charge in [-0.1, -0.05) is 60.7 Å². The normalized spacial score (nSPS) is 13.7. The van der Waals surface area contributed by atoms with Crippen LogP contribution in [0.5, 0.6) is 0 Å². The van der Waals surface area contributed by atoms with E-state index in [9.17, 15) is 9.59 Å². The van der Waals surface area contributed by atoms with E-state index in [1.807, 2.05) is 72.8 Å². The number of hydrogen-bond donors (Lipinski definition) is 2. The van der Waals surface area contributed by atoms with Gasteiger partial charge in [0.2, 0.25) is 5.95 Å². The Bertz CT molecular complexity index is 1660. The molecule has 41 heavy (non-hydrogen) atoms. The molecule has 0 atom stereocenters. The lowest BCUT2D eigenvalue weighted by Crippen LogP contribution is -2.42. The maximum atomic E-state index is 13.0. The molecule has 9 nitrogen and oxygen atoms in total. The van der Waals surface area contributed by atoms with Gasteiger partial charge in [-0.25, -0.2) is 4.98 Å². The average Bonchev–Trinajstić information content (AvgIpc) is 3.04. The molecule has 4 aromatic carbocycles. The minimum Gasteiger partial charge on any atom is -0.379 e. The van der Waals surface area contributed by atoms with Crippen LogP contribution in [0.15, 0.2) is 107 Å². The van der Waals surface area contributed by atoms with Gasteiger partial charge in [0.25, 0.3) is 10.9 Å². The van der Waals surface area contributed by atoms with Gasteiger partial charge in [0.1, 0.15) is 17.2 Å². The third kappa shape index (κ3) is 5.86. The molecule has 0 bridgehead atoms. The van der Waals surface area contributed by atoms with Crippen LogP contribution < -0.4 is 26.4 Å². The maximum absolute atomic E-state index is 13.0. The number of ether oxygens (including phenoxy) is 1. The number of nitrogens with one attached hydrogen (secondary N) is 2. The smallest absolute Gasteiger partial charge is 0.254 e. The molecule has 2 heterocycles. The molecule has 1 aromatic heterocycles. The van der Waals surface area contributed by atoms with E-state index in [0.717, 1.165) is 36.4 Å². The summed E-state index contributed by atoms with van der Waals surface area (Å²) >= 11 is 0. The van der Waals surface area contributed by atoms with Crippen LogP contribution in [0.1, 0.15) is 0 Å². The highest BCUT2D eigenvalue weighted by atomic mass is 16.5. The number of para-hydroxylation sites is 1. The van der Waals surface area contributed by atoms with Crippen LogP contribution in [0.25, 0.3) is 11.1 Å². The Balaban J connectivity index is 1.25. The minimum atomic E-state index is -0.549. The van der Waals surface area contributed by atoms with E-state index in [1.54, 1.807) is 17.2 Å². The van der Waals surface area contributed by atoms with Gasteiger partial charge in [-0.2, -0.15) is 4.98 Å². The molecule has 1 saturated heterocycles. The second kappa shape index (κ2) is 12.1. The predicted octanol–water partition coefficient (Wildman–Crippen LogP) is 4.70. The van der Waals surface area contributed by atoms with Crippen molar-refractivity contribution in [1.82, 2.24) is 14.9 Å². The Morgan fingerprint density at radius 3 is 2.22 bits per heavy atom. The monoisotopic (exact) mass is 546 g/mol. The molecule has 0 saturated carbocycles. The van der Waals surface area contributed by atoms with Crippen LogP contribution in [0.4, 0.5) is 34.5 Å². The van der Waals surface area contributed by atoms with Gasteiger partial charge in [0.15, 0.2) is 0 Å². The number of rotatable bonds is 10. The van der Waals surface area contributed by atoms with E-state index in [1.165, 1.54) is 0 Å². The summed E-state index contributed by atoms with van der Waals surface area (Å²) in [6.45, 7) is 4.39. The van der Waals surface area contributed by atoms with Crippen LogP contribution in [0.2, 0.25) is 0 Å². The largest absolute Gasteiger partial charge is 0.379 e. The average molecular weight is 547 g/mol. The summed E-state index contributed by atoms with van der Waals surface area (Å²) in [6, 6.07) is 29.3. The van der Waals surface area contributed by atoms with Gasteiger partial charge in [0.05, 0.1) is 13.2 Å². The van der Waals surface area contributed by atoms with Crippen LogP contribution >= 0.6 is 0 Å². The van der Waals surface area contributed by atoms with E-state index in [4.69, 9.17) is 9.72 Å². The van der Waals surface area contributed by atoms with Gasteiger partial charge >= 0.3 is 0 Å². The molecule has 6 rings (SSSR count). The number of benzene rings is 3. The molecular weight excluding hydrogens is 516 g/mol. The van der Waals surface area contributed by atoms with Crippen LogP contribution in [-0.2, 0) is 4.74 Å². The Hall–Kier alpha value is -4.86. The molecule has 0 unspecified atom stereocenters. The summed E-state index contributed by atoms with van der Waals surface area (Å²) in [5, 5.41) is 6.47. The zero-order valence-corrected chi connectivity index (χ0v) is 22.5. The number of morpholine rings is 1. The van der Waals surface area contributed by atoms with Gasteiger partial charge in [0, 0.05) is 43.8 Å². The Kier molecular flexibility index (Phi) is 7.79. The number of anilines is 6. The zero-order chi connectivity index (χ0) is 28.0. The first-order chi connectivity index (χ1) is 20.2. The SMILES string of the molecule is O=c1c(NCCN2CCOCC2)c(N(c2ccccc2)c2ccnc(Nc3ccc(-c4ccccc4)cc3)n2)c1=O. The highest BCUT2D eigenvalue weighted by molar-refractivity contribution is 5.86. The summed E-state index contributed by atoms with van der Waals surface area (Å²) in [4.78, 5) is 38.8. The molecule has 206 valence electrons. The van der Waals surface area contributed by atoms with Crippen molar-refractivity contribution in [3.63, 3.8) is 0 Å². The van der Waals surface area contributed by atoms with Crippen molar-refractivity contribution in [2.24, 2.45) is 0 Å². The zero-order valence-electron chi connectivity index (χ0n) is 22.5. The first-order valence-electron chi connectivity index (χ1n) is 13.7. The molecule has 1 aliphatic rings. The fourth-order valence-electron chi connectivity index (χ4n) is 4.91. The number of hydrogen-bond acceptors (Lipinski definition) is 9. The van der Waals surface area contributed by atoms with Gasteiger partial charge in [-0.3, -0.25) is 19.4 Å². The Morgan fingerprint density at radius 2 is 1.49 bits per heavy atom. The molecule has 9 heteroatoms. The van der Waals surface area contributed by atoms with E-state index in [-0.39, 0.29) is 5.69 Å². The maximum Gasteiger partial charge on any atom is 0.254 e. The van der Waals surface area contributed by atoms with Crippen molar-refractivity contribution in [3.05, 3.63) is 118 Å². The summed E-state index contributed by atoms with van der Waals surface area (Å²) < 4.78 is 5.41. The van der Waals surface area contributed by atoms with Gasteiger partial charge in [-0.15, -0.1) is 0 Å². The second-order valence-corrected chi connectivity index (χ2v) is 9.74. The third-order valence-electron chi connectivity index (χ3n) is 7.07. The molecule has 1 aliphatic heterocycles. The van der Waals surface area contributed by atoms with E-state index >= 15 is 0 Å². The fourth-order valence-corrected chi connectivity index (χ4v) is 4.91. The fraction of sp³-hybridized carbons (Fsp3) is 0.188. The minimum absolute atomic E-state index is 0.278. The topological polar surface area (TPSA) is 99.7 Å². The van der Waals surface area contributed by atoms with Gasteiger partial charge in [-0.05, 0) is 41.5 Å². The van der Waals surface area contributed by atoms with Crippen molar-refractivity contribution in [1.29, 1.82) is 0 Å². The van der Waals surface area contributed by atoms with Crippen LogP contribution in [0, 0.1) is 0 Å². The molecule has 0 amide bonds. The third-order valence-corrected chi connectivity index (χ3v) is 7.07. The summed E-state index contributed by atoms with van der Waals surface area (Å²) in [5.74, 6) is 0.842. The molecule has 5 aromatic rings.